The predicted octanol–water partition coefficient (Wildman–Crippen LogP) is 3.48. The smallest absolute Gasteiger partial charge is 0.270 e. The summed E-state index contributed by atoms with van der Waals surface area (Å²) < 4.78 is 0. The Balaban J connectivity index is 2.17. The summed E-state index contributed by atoms with van der Waals surface area (Å²) in [6, 6.07) is 15.3. The van der Waals surface area contributed by atoms with E-state index in [2.05, 4.69) is 5.32 Å². The minimum Gasteiger partial charge on any atom is -0.345 e. The molecule has 21 heavy (non-hydrogen) atoms. The Morgan fingerprint density at radius 2 is 1.90 bits per heavy atom. The first-order valence-electron chi connectivity index (χ1n) is 6.72. The highest BCUT2D eigenvalue weighted by atomic mass is 16.6. The Kier molecular flexibility index (Phi) is 4.66. The summed E-state index contributed by atoms with van der Waals surface area (Å²) in [5.41, 5.74) is 1.22. The van der Waals surface area contributed by atoms with Crippen molar-refractivity contribution in [3.8, 4) is 0 Å². The summed E-state index contributed by atoms with van der Waals surface area (Å²) >= 11 is 0. The summed E-state index contributed by atoms with van der Waals surface area (Å²) in [6.45, 7) is 1.98. The van der Waals surface area contributed by atoms with Crippen LogP contribution in [-0.4, -0.2) is 10.8 Å². The monoisotopic (exact) mass is 284 g/mol. The number of carbonyl (C=O) groups is 1. The lowest BCUT2D eigenvalue weighted by atomic mass is 10.0. The van der Waals surface area contributed by atoms with Crippen molar-refractivity contribution in [1.29, 1.82) is 0 Å². The number of nitrogens with one attached hydrogen (secondary N) is 1. The second kappa shape index (κ2) is 6.65. The van der Waals surface area contributed by atoms with Crippen LogP contribution in [0.15, 0.2) is 54.6 Å². The van der Waals surface area contributed by atoms with Crippen molar-refractivity contribution >= 4 is 11.6 Å². The number of nitro benzene ring substituents is 1. The van der Waals surface area contributed by atoms with Crippen molar-refractivity contribution in [2.75, 3.05) is 0 Å². The number of amides is 1. The topological polar surface area (TPSA) is 72.2 Å². The van der Waals surface area contributed by atoms with Crippen molar-refractivity contribution in [2.45, 2.75) is 19.4 Å². The molecule has 0 aliphatic carbocycles. The Bertz CT molecular complexity index is 641. The highest BCUT2D eigenvalue weighted by molar-refractivity contribution is 5.95. The van der Waals surface area contributed by atoms with Gasteiger partial charge in [0.25, 0.3) is 11.6 Å². The molecule has 0 saturated carbocycles. The largest absolute Gasteiger partial charge is 0.345 e. The third-order valence-electron chi connectivity index (χ3n) is 3.23. The zero-order chi connectivity index (χ0) is 15.2. The number of nitro groups is 1. The van der Waals surface area contributed by atoms with Crippen LogP contribution in [0.25, 0.3) is 0 Å². The predicted molar refractivity (Wildman–Crippen MR) is 80.0 cm³/mol. The van der Waals surface area contributed by atoms with E-state index in [-0.39, 0.29) is 17.6 Å². The van der Waals surface area contributed by atoms with Crippen molar-refractivity contribution in [1.82, 2.24) is 5.32 Å². The maximum absolute atomic E-state index is 12.2. The van der Waals surface area contributed by atoms with Gasteiger partial charge in [-0.25, -0.2) is 0 Å². The maximum Gasteiger partial charge on any atom is 0.270 e. The standard InChI is InChI=1S/C16H16N2O3/c1-2-15(12-7-4-3-5-8-12)17-16(19)13-9-6-10-14(11-13)18(20)21/h3-11,15H,2H2,1H3,(H,17,19)/t15-/m0/s1. The molecule has 2 rings (SSSR count). The van der Waals surface area contributed by atoms with E-state index in [0.29, 0.717) is 5.56 Å². The van der Waals surface area contributed by atoms with Crippen LogP contribution in [-0.2, 0) is 0 Å². The molecule has 0 spiro atoms. The van der Waals surface area contributed by atoms with Crippen LogP contribution >= 0.6 is 0 Å². The number of nitrogens with zero attached hydrogens (tertiary/aromatic N) is 1. The van der Waals surface area contributed by atoms with Crippen molar-refractivity contribution in [3.63, 3.8) is 0 Å². The van der Waals surface area contributed by atoms with Gasteiger partial charge in [0.15, 0.2) is 0 Å². The minimum absolute atomic E-state index is 0.0876. The summed E-state index contributed by atoms with van der Waals surface area (Å²) in [6.07, 6.45) is 0.741. The van der Waals surface area contributed by atoms with Crippen molar-refractivity contribution < 1.29 is 9.72 Å². The Morgan fingerprint density at radius 1 is 1.19 bits per heavy atom. The normalized spacial score (nSPS) is 11.7. The zero-order valence-corrected chi connectivity index (χ0v) is 11.7. The molecule has 0 radical (unpaired) electrons. The maximum atomic E-state index is 12.2. The molecule has 0 aliphatic heterocycles. The molecule has 108 valence electrons. The van der Waals surface area contributed by atoms with Gasteiger partial charge < -0.3 is 5.32 Å². The first kappa shape index (κ1) is 14.7. The fourth-order valence-electron chi connectivity index (χ4n) is 2.11. The van der Waals surface area contributed by atoms with Gasteiger partial charge in [0, 0.05) is 17.7 Å². The number of hydrogen-bond acceptors (Lipinski definition) is 3. The SMILES string of the molecule is CC[C@H](NC(=O)c1cccc([N+](=O)[O-])c1)c1ccccc1. The van der Waals surface area contributed by atoms with Gasteiger partial charge in [-0.1, -0.05) is 43.3 Å². The number of carbonyl (C=O) groups excluding carboxylic acids is 1. The number of non-ortho nitro benzene ring substituents is 1. The van der Waals surface area contributed by atoms with E-state index in [0.717, 1.165) is 12.0 Å². The summed E-state index contributed by atoms with van der Waals surface area (Å²) in [7, 11) is 0. The molecule has 5 nitrogen and oxygen atoms in total. The van der Waals surface area contributed by atoms with Crippen LogP contribution in [0.2, 0.25) is 0 Å². The Labute approximate surface area is 122 Å². The number of hydrogen-bond donors (Lipinski definition) is 1. The fourth-order valence-corrected chi connectivity index (χ4v) is 2.11. The van der Waals surface area contributed by atoms with E-state index >= 15 is 0 Å². The molecule has 2 aromatic carbocycles. The van der Waals surface area contributed by atoms with E-state index in [1.807, 2.05) is 37.3 Å². The van der Waals surface area contributed by atoms with Gasteiger partial charge in [-0.05, 0) is 18.1 Å². The van der Waals surface area contributed by atoms with Crippen LogP contribution in [0.4, 0.5) is 5.69 Å². The van der Waals surface area contributed by atoms with Crippen molar-refractivity contribution in [2.24, 2.45) is 0 Å². The van der Waals surface area contributed by atoms with Crippen LogP contribution in [0.1, 0.15) is 35.3 Å². The lowest BCUT2D eigenvalue weighted by Gasteiger charge is -2.17. The third-order valence-corrected chi connectivity index (χ3v) is 3.23. The highest BCUT2D eigenvalue weighted by Gasteiger charge is 2.16. The minimum atomic E-state index is -0.509. The van der Waals surface area contributed by atoms with E-state index in [4.69, 9.17) is 0 Å². The quantitative estimate of drug-likeness (QED) is 0.675. The highest BCUT2D eigenvalue weighted by Crippen LogP contribution is 2.18. The molecule has 1 atom stereocenters. The Morgan fingerprint density at radius 3 is 2.52 bits per heavy atom. The average molecular weight is 284 g/mol. The molecule has 0 bridgehead atoms. The second-order valence-electron chi connectivity index (χ2n) is 4.65. The van der Waals surface area contributed by atoms with E-state index < -0.39 is 4.92 Å². The molecule has 0 unspecified atom stereocenters. The molecule has 0 heterocycles. The van der Waals surface area contributed by atoms with E-state index in [1.165, 1.54) is 18.2 Å². The lowest BCUT2D eigenvalue weighted by Crippen LogP contribution is -2.28. The molecule has 0 aliphatic rings. The second-order valence-corrected chi connectivity index (χ2v) is 4.65. The molecule has 0 fully saturated rings. The average Bonchev–Trinajstić information content (AvgIpc) is 2.53. The summed E-state index contributed by atoms with van der Waals surface area (Å²) in [5, 5.41) is 13.7. The van der Waals surface area contributed by atoms with Gasteiger partial charge in [-0.2, -0.15) is 0 Å². The fraction of sp³-hybridized carbons (Fsp3) is 0.188. The molecule has 2 aromatic rings. The summed E-state index contributed by atoms with van der Waals surface area (Å²) in [4.78, 5) is 22.5. The van der Waals surface area contributed by atoms with Gasteiger partial charge in [-0.15, -0.1) is 0 Å². The molecular weight excluding hydrogens is 268 g/mol. The molecule has 0 saturated heterocycles. The molecule has 5 heteroatoms. The molecule has 0 aromatic heterocycles. The van der Waals surface area contributed by atoms with Crippen LogP contribution in [0.5, 0.6) is 0 Å². The first-order valence-corrected chi connectivity index (χ1v) is 6.72. The Hall–Kier alpha value is -2.69. The lowest BCUT2D eigenvalue weighted by molar-refractivity contribution is -0.384. The number of rotatable bonds is 5. The molecular formula is C16H16N2O3. The summed E-state index contributed by atoms with van der Waals surface area (Å²) in [5.74, 6) is -0.311. The van der Waals surface area contributed by atoms with Crippen LogP contribution in [0, 0.1) is 10.1 Å². The molecule has 1 N–H and O–H groups in total. The van der Waals surface area contributed by atoms with Gasteiger partial charge in [0.2, 0.25) is 0 Å². The number of benzene rings is 2. The first-order chi connectivity index (χ1) is 10.1. The van der Waals surface area contributed by atoms with Crippen LogP contribution < -0.4 is 5.32 Å². The van der Waals surface area contributed by atoms with E-state index in [1.54, 1.807) is 6.07 Å². The van der Waals surface area contributed by atoms with Crippen molar-refractivity contribution in [3.05, 3.63) is 75.8 Å². The molecule has 1 amide bonds. The van der Waals surface area contributed by atoms with Gasteiger partial charge in [0.05, 0.1) is 11.0 Å². The zero-order valence-electron chi connectivity index (χ0n) is 11.7. The van der Waals surface area contributed by atoms with Gasteiger partial charge >= 0.3 is 0 Å². The third kappa shape index (κ3) is 3.66. The van der Waals surface area contributed by atoms with Gasteiger partial charge in [-0.3, -0.25) is 14.9 Å². The van der Waals surface area contributed by atoms with Gasteiger partial charge in [0.1, 0.15) is 0 Å². The van der Waals surface area contributed by atoms with E-state index in [9.17, 15) is 14.9 Å². The van der Waals surface area contributed by atoms with Crippen LogP contribution in [0.3, 0.4) is 0 Å².